The maximum absolute atomic E-state index is 13.4. The molecule has 0 amide bonds. The van der Waals surface area contributed by atoms with Gasteiger partial charge in [-0.1, -0.05) is 36.4 Å². The molecule has 0 aromatic heterocycles. The van der Waals surface area contributed by atoms with Gasteiger partial charge in [0.25, 0.3) is 0 Å². The molecule has 4 fully saturated rings. The third-order valence-corrected chi connectivity index (χ3v) is 11.4. The molecule has 33 heavy (non-hydrogen) atoms. The average molecular weight is 456 g/mol. The van der Waals surface area contributed by atoms with Crippen molar-refractivity contribution in [2.75, 3.05) is 0 Å². The second kappa shape index (κ2) is 7.99. The Balaban J connectivity index is 1.28. The number of carbonyl (C=O) groups excluding carboxylic acids is 1. The number of benzene rings is 3. The average Bonchev–Trinajstić information content (AvgIpc) is 2.84. The normalized spacial score (nSPS) is 27.9. The van der Waals surface area contributed by atoms with Crippen LogP contribution >= 0.6 is 0 Å². The molecule has 0 unspecified atom stereocenters. The highest BCUT2D eigenvalue weighted by Gasteiger charge is 2.55. The van der Waals surface area contributed by atoms with E-state index in [1.165, 1.54) is 29.1 Å². The van der Waals surface area contributed by atoms with Crippen molar-refractivity contribution in [3.05, 3.63) is 84.9 Å². The summed E-state index contributed by atoms with van der Waals surface area (Å²) in [6.45, 7) is 0. The van der Waals surface area contributed by atoms with Crippen LogP contribution in [-0.2, 0) is 14.4 Å². The largest absolute Gasteiger partial charge is 0.426 e. The third-order valence-electron chi connectivity index (χ3n) is 8.20. The van der Waals surface area contributed by atoms with E-state index in [2.05, 4.69) is 60.7 Å². The van der Waals surface area contributed by atoms with E-state index in [1.807, 2.05) is 24.3 Å². The van der Waals surface area contributed by atoms with E-state index in [0.29, 0.717) is 5.75 Å². The van der Waals surface area contributed by atoms with Gasteiger partial charge in [-0.2, -0.15) is 0 Å². The molecule has 0 radical (unpaired) electrons. The van der Waals surface area contributed by atoms with Crippen molar-refractivity contribution < 1.29 is 9.53 Å². The maximum Gasteiger partial charge on any atom is 0.317 e. The Morgan fingerprint density at radius 3 is 1.58 bits per heavy atom. The fourth-order valence-corrected chi connectivity index (χ4v) is 9.69. The molecule has 4 saturated carbocycles. The predicted octanol–water partition coefficient (Wildman–Crippen LogP) is 6.87. The fraction of sp³-hybridized carbons (Fsp3) is 0.333. The van der Waals surface area contributed by atoms with Crippen LogP contribution in [0.2, 0.25) is 0 Å². The van der Waals surface area contributed by atoms with Crippen molar-refractivity contribution >= 4 is 21.5 Å². The van der Waals surface area contributed by atoms with Crippen LogP contribution in [0.4, 0.5) is 0 Å². The quantitative estimate of drug-likeness (QED) is 0.182. The zero-order valence-corrected chi connectivity index (χ0v) is 19.8. The highest BCUT2D eigenvalue weighted by Crippen LogP contribution is 2.60. The second-order valence-corrected chi connectivity index (χ2v) is 13.3. The summed E-state index contributed by atoms with van der Waals surface area (Å²) in [6.07, 6.45) is 7.08. The summed E-state index contributed by atoms with van der Waals surface area (Å²) in [5, 5.41) is 0. The Bertz CT molecular complexity index is 1120. The molecule has 0 saturated heterocycles. The van der Waals surface area contributed by atoms with E-state index in [1.54, 1.807) is 0 Å². The molecule has 3 aromatic carbocycles. The minimum atomic E-state index is -1.65. The molecule has 7 rings (SSSR count). The zero-order chi connectivity index (χ0) is 22.5. The molecule has 3 heteroatoms. The summed E-state index contributed by atoms with van der Waals surface area (Å²) in [7, 11) is -1.65. The molecule has 0 spiro atoms. The van der Waals surface area contributed by atoms with Gasteiger partial charge in [0.2, 0.25) is 0 Å². The summed E-state index contributed by atoms with van der Waals surface area (Å²) in [5.74, 6) is 7.64. The number of esters is 1. The molecule has 2 nitrogen and oxygen atoms in total. The van der Waals surface area contributed by atoms with E-state index >= 15 is 0 Å². The van der Waals surface area contributed by atoms with Gasteiger partial charge < -0.3 is 4.74 Å². The smallest absolute Gasteiger partial charge is 0.317 e. The minimum absolute atomic E-state index is 0.00806. The number of rotatable bonds is 5. The molecule has 0 aliphatic heterocycles. The van der Waals surface area contributed by atoms with Crippen LogP contribution in [-0.4, -0.2) is 11.8 Å². The predicted molar refractivity (Wildman–Crippen MR) is 135 cm³/mol. The van der Waals surface area contributed by atoms with Crippen molar-refractivity contribution in [1.82, 2.24) is 0 Å². The fourth-order valence-electron chi connectivity index (χ4n) is 7.03. The summed E-state index contributed by atoms with van der Waals surface area (Å²) >= 11 is 0. The van der Waals surface area contributed by atoms with Gasteiger partial charge in [-0.25, -0.2) is 0 Å². The monoisotopic (exact) mass is 455 g/mol. The van der Waals surface area contributed by atoms with Crippen LogP contribution in [0.1, 0.15) is 38.5 Å². The first-order chi connectivity index (χ1) is 16.0. The van der Waals surface area contributed by atoms with Crippen molar-refractivity contribution in [2.24, 2.45) is 23.2 Å². The maximum atomic E-state index is 13.4. The molecule has 4 bridgehead atoms. The second-order valence-electron chi connectivity index (χ2n) is 10.4. The van der Waals surface area contributed by atoms with Crippen LogP contribution < -0.4 is 4.74 Å². The summed E-state index contributed by atoms with van der Waals surface area (Å²) in [5.41, 5.74) is -0.233. The molecule has 0 N–H and O–H groups in total. The number of hydrogen-bond acceptors (Lipinski definition) is 2. The van der Waals surface area contributed by atoms with E-state index < -0.39 is 9.62 Å². The third kappa shape index (κ3) is 3.58. The van der Waals surface area contributed by atoms with Crippen LogP contribution in [0.15, 0.2) is 99.6 Å². The molecule has 4 aliphatic rings. The first-order valence-corrected chi connectivity index (χ1v) is 13.9. The molecule has 3 aromatic rings. The SMILES string of the molecule is C=[S+](c1ccccc1)(c1ccccc1)c1ccc(OC(=O)C23CC4CC(CC(C4)C2)C3)cc1. The molecular weight excluding hydrogens is 424 g/mol. The summed E-state index contributed by atoms with van der Waals surface area (Å²) < 4.78 is 6.03. The van der Waals surface area contributed by atoms with Crippen LogP contribution in [0.3, 0.4) is 0 Å². The molecular formula is C30H31O2S+. The van der Waals surface area contributed by atoms with Crippen molar-refractivity contribution in [1.29, 1.82) is 0 Å². The van der Waals surface area contributed by atoms with Gasteiger partial charge in [-0.05, 0) is 114 Å². The first kappa shape index (κ1) is 20.9. The Labute approximate surface area is 197 Å². The van der Waals surface area contributed by atoms with Gasteiger partial charge in [0.1, 0.15) is 20.4 Å². The van der Waals surface area contributed by atoms with Crippen LogP contribution in [0.5, 0.6) is 5.75 Å². The highest BCUT2D eigenvalue weighted by atomic mass is 32.2. The van der Waals surface area contributed by atoms with Crippen LogP contribution in [0.25, 0.3) is 0 Å². The van der Waals surface area contributed by atoms with Gasteiger partial charge >= 0.3 is 5.97 Å². The van der Waals surface area contributed by atoms with Gasteiger partial charge in [0.05, 0.1) is 11.3 Å². The van der Waals surface area contributed by atoms with Crippen molar-refractivity contribution in [3.8, 4) is 5.75 Å². The van der Waals surface area contributed by atoms with E-state index in [9.17, 15) is 4.79 Å². The lowest BCUT2D eigenvalue weighted by Crippen LogP contribution is -2.51. The van der Waals surface area contributed by atoms with Gasteiger partial charge in [-0.15, -0.1) is 0 Å². The lowest BCUT2D eigenvalue weighted by atomic mass is 9.49. The van der Waals surface area contributed by atoms with Gasteiger partial charge in [0.15, 0.2) is 0 Å². The molecule has 0 heterocycles. The highest BCUT2D eigenvalue weighted by molar-refractivity contribution is 8.11. The first-order valence-electron chi connectivity index (χ1n) is 12.1. The zero-order valence-electron chi connectivity index (χ0n) is 19.0. The standard InChI is InChI=1S/C30H31O2S/c1-33(26-8-4-2-5-9-26,27-10-6-3-7-11-27)28-14-12-25(13-15-28)32-29(31)30-19-22-16-23(20-30)18-24(17-22)21-30/h2-15,22-24H,1,16-21H2/q+1. The number of ether oxygens (including phenoxy) is 1. The lowest BCUT2D eigenvalue weighted by Gasteiger charge is -2.55. The topological polar surface area (TPSA) is 26.3 Å². The summed E-state index contributed by atoms with van der Waals surface area (Å²) in [4.78, 5) is 17.0. The molecule has 0 atom stereocenters. The van der Waals surface area contributed by atoms with E-state index in [-0.39, 0.29) is 11.4 Å². The Morgan fingerprint density at radius 1 is 0.697 bits per heavy atom. The lowest BCUT2D eigenvalue weighted by molar-refractivity contribution is -0.161. The Kier molecular flexibility index (Phi) is 5.06. The van der Waals surface area contributed by atoms with Gasteiger partial charge in [-0.3, -0.25) is 4.79 Å². The van der Waals surface area contributed by atoms with E-state index in [4.69, 9.17) is 10.6 Å². The Morgan fingerprint density at radius 2 is 1.12 bits per heavy atom. The molecule has 168 valence electrons. The van der Waals surface area contributed by atoms with Crippen molar-refractivity contribution in [2.45, 2.75) is 53.2 Å². The van der Waals surface area contributed by atoms with E-state index in [0.717, 1.165) is 41.9 Å². The van der Waals surface area contributed by atoms with Crippen molar-refractivity contribution in [3.63, 3.8) is 0 Å². The summed E-state index contributed by atoms with van der Waals surface area (Å²) in [6, 6.07) is 29.2. The number of carbonyl (C=O) groups is 1. The number of hydrogen-bond donors (Lipinski definition) is 0. The minimum Gasteiger partial charge on any atom is -0.426 e. The Hall–Kier alpha value is -2.65. The van der Waals surface area contributed by atoms with Crippen LogP contribution in [0, 0.1) is 23.2 Å². The molecule has 4 aliphatic carbocycles. The van der Waals surface area contributed by atoms with Gasteiger partial charge in [0, 0.05) is 0 Å².